The first-order valence-corrected chi connectivity index (χ1v) is 18.8. The van der Waals surface area contributed by atoms with Crippen LogP contribution in [-0.4, -0.2) is 43.0 Å². The summed E-state index contributed by atoms with van der Waals surface area (Å²) in [6, 6.07) is 0. The first kappa shape index (κ1) is 61.7. The Morgan fingerprint density at radius 3 is 1.43 bits per heavy atom. The Kier molecular flexibility index (Phi) is 30.2. The number of cyclic esters (lactones) is 2. The van der Waals surface area contributed by atoms with Gasteiger partial charge in [-0.15, -0.1) is 0 Å². The SMILES string of the molecule is C.C.C.C.C.C.C.C.CC1C(=O)OC(=O)C1C.CC1C2CCC(C2)C1C.CCC(C)C(=O)OC1(C)C2CC3CC(C2)CC1C3.COC1CCC(C)C(C)O1. The second-order valence-corrected chi connectivity index (χ2v) is 16.6. The molecule has 6 bridgehead atoms. The summed E-state index contributed by atoms with van der Waals surface area (Å²) in [5.74, 6) is 6.95. The molecule has 6 aliphatic carbocycles. The molecular formula is C47H98O7. The molecule has 0 radical (unpaired) electrons. The fourth-order valence-electron chi connectivity index (χ4n) is 9.58. The van der Waals surface area contributed by atoms with Gasteiger partial charge in [0.15, 0.2) is 6.29 Å². The molecule has 8 rings (SSSR count). The van der Waals surface area contributed by atoms with Gasteiger partial charge in [0.2, 0.25) is 0 Å². The molecule has 2 heterocycles. The highest BCUT2D eigenvalue weighted by Gasteiger charge is 2.57. The summed E-state index contributed by atoms with van der Waals surface area (Å²) < 4.78 is 20.9. The maximum Gasteiger partial charge on any atom is 0.317 e. The number of ether oxygens (including phenoxy) is 4. The summed E-state index contributed by atoms with van der Waals surface area (Å²) in [5, 5.41) is 0. The minimum atomic E-state index is -0.396. The standard InChI is InChI=1S/C16H26O2.C9H16.C8H16O2.C6H8O3.8CH4/c1-4-10(2)15(17)18-16(3)13-6-11-5-12(8-13)9-14(16)7-11;1-6-7(2)9-4-3-8(6)5-9;1-6-4-5-8(9-3)10-7(6)2;1-3-4(2)6(8)9-5(3)7;;;;;;;;/h10-14H,4-9H2,1-3H3;6-9H,3-5H2,1-2H3;6-8H,4-5H2,1-3H3;3-4H,1-2H3;8*1H4. The summed E-state index contributed by atoms with van der Waals surface area (Å²) in [6.07, 6.45) is 14.8. The van der Waals surface area contributed by atoms with E-state index < -0.39 is 11.9 Å². The smallest absolute Gasteiger partial charge is 0.317 e. The molecule has 10 unspecified atom stereocenters. The summed E-state index contributed by atoms with van der Waals surface area (Å²) >= 11 is 0. The van der Waals surface area contributed by atoms with Crippen LogP contribution in [0.1, 0.15) is 192 Å². The summed E-state index contributed by atoms with van der Waals surface area (Å²) in [7, 11) is 1.70. The quantitative estimate of drug-likeness (QED) is 0.208. The molecule has 0 aromatic heterocycles. The third kappa shape index (κ3) is 14.2. The zero-order valence-corrected chi connectivity index (χ0v) is 30.7. The minimum absolute atomic E-state index is 0. The zero-order valence-electron chi connectivity index (χ0n) is 30.7. The third-order valence-electron chi connectivity index (χ3n) is 13.9. The highest BCUT2D eigenvalue weighted by Crippen LogP contribution is 2.59. The van der Waals surface area contributed by atoms with Crippen molar-refractivity contribution in [3.05, 3.63) is 0 Å². The lowest BCUT2D eigenvalue weighted by Crippen LogP contribution is -2.58. The van der Waals surface area contributed by atoms with E-state index in [1.165, 1.54) is 51.4 Å². The lowest BCUT2D eigenvalue weighted by molar-refractivity contribution is -0.206. The van der Waals surface area contributed by atoms with E-state index in [2.05, 4.69) is 46.3 Å². The number of carbonyl (C=O) groups is 3. The van der Waals surface area contributed by atoms with Gasteiger partial charge in [-0.3, -0.25) is 14.4 Å². The molecule has 0 aromatic rings. The number of carbonyl (C=O) groups excluding carboxylic acids is 3. The minimum Gasteiger partial charge on any atom is -0.459 e. The van der Waals surface area contributed by atoms with E-state index in [0.29, 0.717) is 23.9 Å². The van der Waals surface area contributed by atoms with Crippen molar-refractivity contribution in [1.29, 1.82) is 0 Å². The lowest BCUT2D eigenvalue weighted by Gasteiger charge is -2.59. The molecule has 54 heavy (non-hydrogen) atoms. The van der Waals surface area contributed by atoms with Crippen molar-refractivity contribution in [2.45, 2.75) is 210 Å². The summed E-state index contributed by atoms with van der Waals surface area (Å²) in [6.45, 7) is 18.9. The number of rotatable bonds is 4. The van der Waals surface area contributed by atoms with Gasteiger partial charge < -0.3 is 18.9 Å². The summed E-state index contributed by atoms with van der Waals surface area (Å²) in [5.41, 5.74) is -0.145. The topological polar surface area (TPSA) is 88.1 Å². The third-order valence-corrected chi connectivity index (χ3v) is 13.9. The molecule has 328 valence electrons. The molecule has 10 atom stereocenters. The predicted octanol–water partition coefficient (Wildman–Crippen LogP) is 13.7. The highest BCUT2D eigenvalue weighted by atomic mass is 16.7. The van der Waals surface area contributed by atoms with Gasteiger partial charge in [-0.2, -0.15) is 0 Å². The fraction of sp³-hybridized carbons (Fsp3) is 0.936. The van der Waals surface area contributed by atoms with Crippen LogP contribution in [0.5, 0.6) is 0 Å². The van der Waals surface area contributed by atoms with Crippen molar-refractivity contribution in [3.63, 3.8) is 0 Å². The average Bonchev–Trinajstić information content (AvgIpc) is 3.69. The van der Waals surface area contributed by atoms with Crippen molar-refractivity contribution < 1.29 is 33.3 Å². The Morgan fingerprint density at radius 1 is 0.704 bits per heavy atom. The van der Waals surface area contributed by atoms with Crippen molar-refractivity contribution in [2.24, 2.45) is 71.0 Å². The predicted molar refractivity (Wildman–Crippen MR) is 233 cm³/mol. The number of fused-ring (bicyclic) bond motifs is 2. The van der Waals surface area contributed by atoms with Crippen LogP contribution in [0.3, 0.4) is 0 Å². The number of esters is 3. The van der Waals surface area contributed by atoms with Crippen LogP contribution < -0.4 is 0 Å². The molecule has 7 nitrogen and oxygen atoms in total. The van der Waals surface area contributed by atoms with Crippen LogP contribution >= 0.6 is 0 Å². The normalized spacial score (nSPS) is 38.7. The molecule has 2 aliphatic heterocycles. The van der Waals surface area contributed by atoms with Gasteiger partial charge in [0, 0.05) is 7.11 Å². The Balaban J connectivity index is -0.000000197. The van der Waals surface area contributed by atoms with Crippen molar-refractivity contribution in [3.8, 4) is 0 Å². The fourth-order valence-corrected chi connectivity index (χ4v) is 9.58. The van der Waals surface area contributed by atoms with Gasteiger partial charge in [-0.25, -0.2) is 0 Å². The van der Waals surface area contributed by atoms with E-state index in [1.54, 1.807) is 27.4 Å². The molecule has 0 N–H and O–H groups in total. The molecule has 7 heteroatoms. The molecule has 8 aliphatic rings. The van der Waals surface area contributed by atoms with E-state index in [0.717, 1.165) is 48.3 Å². The van der Waals surface area contributed by atoms with Gasteiger partial charge >= 0.3 is 17.9 Å². The largest absolute Gasteiger partial charge is 0.459 e. The van der Waals surface area contributed by atoms with E-state index in [1.807, 2.05) is 6.92 Å². The van der Waals surface area contributed by atoms with Crippen LogP contribution in [0, 0.1) is 71.0 Å². The maximum absolute atomic E-state index is 12.1. The molecule has 0 amide bonds. The van der Waals surface area contributed by atoms with Crippen LogP contribution in [-0.2, 0) is 33.3 Å². The second-order valence-electron chi connectivity index (χ2n) is 16.6. The van der Waals surface area contributed by atoms with Gasteiger partial charge in [-0.05, 0) is 138 Å². The second kappa shape index (κ2) is 26.4. The van der Waals surface area contributed by atoms with E-state index >= 15 is 0 Å². The first-order valence-electron chi connectivity index (χ1n) is 18.8. The lowest BCUT2D eigenvalue weighted by atomic mass is 9.50. The molecule has 0 aromatic carbocycles. The Labute approximate surface area is 338 Å². The Hall–Kier alpha value is -1.47. The Morgan fingerprint density at radius 2 is 1.13 bits per heavy atom. The number of hydrogen-bond donors (Lipinski definition) is 0. The van der Waals surface area contributed by atoms with E-state index in [9.17, 15) is 14.4 Å². The molecule has 8 fully saturated rings. The molecule has 2 saturated heterocycles. The zero-order chi connectivity index (χ0) is 33.9. The van der Waals surface area contributed by atoms with Gasteiger partial charge in [0.05, 0.1) is 23.9 Å². The van der Waals surface area contributed by atoms with Gasteiger partial charge in [-0.1, -0.05) is 108 Å². The van der Waals surface area contributed by atoms with Gasteiger partial charge in [0.1, 0.15) is 5.60 Å². The first-order chi connectivity index (χ1) is 21.7. The van der Waals surface area contributed by atoms with Crippen LogP contribution in [0.2, 0.25) is 0 Å². The monoisotopic (exact) mass is 775 g/mol. The van der Waals surface area contributed by atoms with E-state index in [-0.39, 0.29) is 95.0 Å². The van der Waals surface area contributed by atoms with Crippen molar-refractivity contribution >= 4 is 17.9 Å². The highest BCUT2D eigenvalue weighted by molar-refractivity contribution is 5.95. The van der Waals surface area contributed by atoms with Crippen molar-refractivity contribution in [1.82, 2.24) is 0 Å². The van der Waals surface area contributed by atoms with Crippen LogP contribution in [0.25, 0.3) is 0 Å². The molecule has 6 saturated carbocycles. The number of hydrogen-bond acceptors (Lipinski definition) is 7. The van der Waals surface area contributed by atoms with Gasteiger partial charge in [0.25, 0.3) is 0 Å². The average molecular weight is 775 g/mol. The van der Waals surface area contributed by atoms with Crippen LogP contribution in [0.15, 0.2) is 0 Å². The van der Waals surface area contributed by atoms with E-state index in [4.69, 9.17) is 14.2 Å². The number of methoxy groups -OCH3 is 1. The van der Waals surface area contributed by atoms with Crippen molar-refractivity contribution in [2.75, 3.05) is 7.11 Å². The Bertz CT molecular complexity index is 977. The maximum atomic E-state index is 12.1. The molecule has 0 spiro atoms. The molecular weight excluding hydrogens is 677 g/mol. The van der Waals surface area contributed by atoms with Crippen LogP contribution in [0.4, 0.5) is 0 Å². The summed E-state index contributed by atoms with van der Waals surface area (Å²) in [4.78, 5) is 33.3.